The van der Waals surface area contributed by atoms with Gasteiger partial charge >= 0.3 is 0 Å². The summed E-state index contributed by atoms with van der Waals surface area (Å²) in [5, 5.41) is 19.3. The Morgan fingerprint density at radius 2 is 1.21 bits per heavy atom. The minimum absolute atomic E-state index is 0.397. The van der Waals surface area contributed by atoms with Crippen LogP contribution in [0.3, 0.4) is 0 Å². The third-order valence-electron chi connectivity index (χ3n) is 5.03. The molecule has 6 heteroatoms. The fourth-order valence-electron chi connectivity index (χ4n) is 3.95. The maximum Gasteiger partial charge on any atom is 0.206 e. The van der Waals surface area contributed by atoms with Crippen LogP contribution >= 0.6 is 0 Å². The number of halogens is 2. The molecule has 0 aromatic heterocycles. The van der Waals surface area contributed by atoms with E-state index in [1.165, 1.54) is 24.3 Å². The molecule has 0 aliphatic rings. The van der Waals surface area contributed by atoms with Crippen molar-refractivity contribution in [3.63, 3.8) is 0 Å². The second-order valence-corrected chi connectivity index (χ2v) is 6.43. The van der Waals surface area contributed by atoms with E-state index in [2.05, 4.69) is 15.0 Å². The molecule has 0 aliphatic carbocycles. The highest BCUT2D eigenvalue weighted by atomic mass is 19.1. The Labute approximate surface area is 156 Å². The standard InChI is InChI=1S/C22H8F2N4/c1-26-28-22-18-7-12(24)3-5-14(18)16-8-19-15(9-20(16)22)13-4-2-11(23)6-17(13)21(19)27-10-25/h2-9H/b27-21?,28-22+. The SMILES string of the molecule is [C-]#[N+]/N=c1\c2cc(F)ccc2c2cc3c(=NC#N)c4cc(F)ccc4c3cc12. The second-order valence-electron chi connectivity index (χ2n) is 6.43. The lowest BCUT2D eigenvalue weighted by atomic mass is 10.1. The first kappa shape index (κ1) is 16.0. The van der Waals surface area contributed by atoms with Crippen LogP contribution in [0.2, 0.25) is 0 Å². The molecule has 0 radical (unpaired) electrons. The van der Waals surface area contributed by atoms with Crippen molar-refractivity contribution in [2.75, 3.05) is 0 Å². The Balaban J connectivity index is 2.12. The van der Waals surface area contributed by atoms with Crippen LogP contribution in [0.1, 0.15) is 0 Å². The molecule has 5 aromatic carbocycles. The minimum atomic E-state index is -0.416. The lowest BCUT2D eigenvalue weighted by Gasteiger charge is -1.95. The van der Waals surface area contributed by atoms with Gasteiger partial charge in [0.05, 0.1) is 10.5 Å². The van der Waals surface area contributed by atoms with Crippen LogP contribution in [0.5, 0.6) is 0 Å². The molecule has 0 N–H and O–H groups in total. The molecular formula is C22H8F2N4. The Hall–Kier alpha value is -4.16. The smallest absolute Gasteiger partial charge is 0.206 e. The van der Waals surface area contributed by atoms with E-state index in [4.69, 9.17) is 11.8 Å². The van der Waals surface area contributed by atoms with Crippen LogP contribution in [-0.4, -0.2) is 0 Å². The summed E-state index contributed by atoms with van der Waals surface area (Å²) >= 11 is 0. The van der Waals surface area contributed by atoms with E-state index in [9.17, 15) is 8.78 Å². The molecule has 0 heterocycles. The maximum absolute atomic E-state index is 13.8. The van der Waals surface area contributed by atoms with Crippen molar-refractivity contribution in [3.05, 3.63) is 82.4 Å². The number of hydrogen-bond donors (Lipinski definition) is 0. The minimum Gasteiger partial charge on any atom is -0.207 e. The summed E-state index contributed by atoms with van der Waals surface area (Å²) in [6.07, 6.45) is 1.79. The first-order chi connectivity index (χ1) is 13.6. The summed E-state index contributed by atoms with van der Waals surface area (Å²) < 4.78 is 27.6. The van der Waals surface area contributed by atoms with Gasteiger partial charge in [0, 0.05) is 21.5 Å². The van der Waals surface area contributed by atoms with Crippen molar-refractivity contribution in [1.29, 1.82) is 5.26 Å². The molecule has 0 bridgehead atoms. The number of fused-ring (bicyclic) bond motifs is 6. The third kappa shape index (κ3) is 2.06. The van der Waals surface area contributed by atoms with Gasteiger partial charge in [0.1, 0.15) is 11.6 Å². The first-order valence-corrected chi connectivity index (χ1v) is 8.33. The van der Waals surface area contributed by atoms with E-state index in [0.717, 1.165) is 21.5 Å². The zero-order valence-electron chi connectivity index (χ0n) is 14.2. The van der Waals surface area contributed by atoms with Gasteiger partial charge in [-0.05, 0) is 57.9 Å². The average molecular weight is 366 g/mol. The monoisotopic (exact) mass is 366 g/mol. The molecule has 0 fully saturated rings. The van der Waals surface area contributed by atoms with Crippen molar-refractivity contribution in [2.24, 2.45) is 10.1 Å². The molecule has 4 nitrogen and oxygen atoms in total. The molecule has 5 rings (SSSR count). The van der Waals surface area contributed by atoms with Gasteiger partial charge in [-0.25, -0.2) is 8.78 Å². The first-order valence-electron chi connectivity index (χ1n) is 8.33. The predicted molar refractivity (Wildman–Crippen MR) is 102 cm³/mol. The van der Waals surface area contributed by atoms with Crippen molar-refractivity contribution >= 4 is 43.1 Å². The van der Waals surface area contributed by atoms with Gasteiger partial charge in [-0.2, -0.15) is 16.8 Å². The molecule has 5 aromatic rings. The van der Waals surface area contributed by atoms with Crippen LogP contribution in [0.25, 0.3) is 48.0 Å². The summed E-state index contributed by atoms with van der Waals surface area (Å²) in [6.45, 7) is 7.13. The third-order valence-corrected chi connectivity index (χ3v) is 5.03. The van der Waals surface area contributed by atoms with Crippen LogP contribution in [-0.2, 0) is 0 Å². The molecule has 0 saturated heterocycles. The summed E-state index contributed by atoms with van der Waals surface area (Å²) in [5.41, 5.74) is 0. The Kier molecular flexibility index (Phi) is 3.25. The van der Waals surface area contributed by atoms with Gasteiger partial charge in [0.25, 0.3) is 0 Å². The zero-order chi connectivity index (χ0) is 19.4. The molecule has 0 amide bonds. The highest BCUT2D eigenvalue weighted by molar-refractivity contribution is 6.21. The molecule has 0 aliphatic heterocycles. The van der Waals surface area contributed by atoms with Crippen molar-refractivity contribution in [2.45, 2.75) is 0 Å². The Morgan fingerprint density at radius 3 is 1.75 bits per heavy atom. The fourth-order valence-corrected chi connectivity index (χ4v) is 3.95. The fraction of sp³-hybridized carbons (Fsp3) is 0. The molecule has 0 unspecified atom stereocenters. The van der Waals surface area contributed by atoms with E-state index in [-0.39, 0.29) is 0 Å². The van der Waals surface area contributed by atoms with Crippen molar-refractivity contribution in [3.8, 4) is 6.19 Å². The predicted octanol–water partition coefficient (Wildman–Crippen LogP) is 4.57. The summed E-state index contributed by atoms with van der Waals surface area (Å²) in [6, 6.07) is 12.4. The second kappa shape index (κ2) is 5.67. The summed E-state index contributed by atoms with van der Waals surface area (Å²) in [7, 11) is 0. The lowest BCUT2D eigenvalue weighted by Crippen LogP contribution is -1.99. The zero-order valence-corrected chi connectivity index (χ0v) is 14.2. The molecule has 130 valence electrons. The highest BCUT2D eigenvalue weighted by Gasteiger charge is 2.16. The quantitative estimate of drug-likeness (QED) is 0.225. The molecule has 0 spiro atoms. The van der Waals surface area contributed by atoms with Crippen molar-refractivity contribution in [1.82, 2.24) is 0 Å². The maximum atomic E-state index is 13.8. The van der Waals surface area contributed by atoms with Gasteiger partial charge in [0.2, 0.25) is 6.19 Å². The molecule has 0 atom stereocenters. The van der Waals surface area contributed by atoms with Gasteiger partial charge in [0.15, 0.2) is 5.36 Å². The van der Waals surface area contributed by atoms with Crippen molar-refractivity contribution < 1.29 is 8.78 Å². The van der Waals surface area contributed by atoms with Gasteiger partial charge in [-0.1, -0.05) is 12.1 Å². The summed E-state index contributed by atoms with van der Waals surface area (Å²) in [5.74, 6) is -0.829. The number of rotatable bonds is 0. The van der Waals surface area contributed by atoms with E-state index >= 15 is 0 Å². The van der Waals surface area contributed by atoms with Crippen LogP contribution in [0.15, 0.2) is 58.6 Å². The highest BCUT2D eigenvalue weighted by Crippen LogP contribution is 2.32. The molecule has 28 heavy (non-hydrogen) atoms. The van der Waals surface area contributed by atoms with E-state index in [0.29, 0.717) is 32.3 Å². The average Bonchev–Trinajstić information content (AvgIpc) is 3.13. The topological polar surface area (TPSA) is 52.9 Å². The Morgan fingerprint density at radius 1 is 0.714 bits per heavy atom. The van der Waals surface area contributed by atoms with E-state index < -0.39 is 11.6 Å². The number of benzene rings is 3. The molecular weight excluding hydrogens is 358 g/mol. The number of hydrogen-bond acceptors (Lipinski definition) is 3. The molecule has 0 saturated carbocycles. The normalized spacial score (nSPS) is 13.0. The van der Waals surface area contributed by atoms with Gasteiger partial charge in [-0.15, -0.1) is 4.95 Å². The van der Waals surface area contributed by atoms with Crippen LogP contribution < -0.4 is 10.7 Å². The van der Waals surface area contributed by atoms with Crippen LogP contribution in [0.4, 0.5) is 8.78 Å². The van der Waals surface area contributed by atoms with Crippen LogP contribution in [0, 0.1) is 29.7 Å². The van der Waals surface area contributed by atoms with E-state index in [1.807, 2.05) is 12.1 Å². The summed E-state index contributed by atoms with van der Waals surface area (Å²) in [4.78, 5) is 7.05. The number of nitriles is 1. The Bertz CT molecular complexity index is 1530. The van der Waals surface area contributed by atoms with E-state index in [1.54, 1.807) is 18.3 Å². The number of nitrogens with zero attached hydrogens (tertiary/aromatic N) is 4. The van der Waals surface area contributed by atoms with Gasteiger partial charge in [-0.3, -0.25) is 0 Å². The van der Waals surface area contributed by atoms with Gasteiger partial charge < -0.3 is 0 Å². The largest absolute Gasteiger partial charge is 0.207 e. The lowest BCUT2D eigenvalue weighted by molar-refractivity contribution is 0.629.